The van der Waals surface area contributed by atoms with Gasteiger partial charge in [0.15, 0.2) is 0 Å². The second-order valence-electron chi connectivity index (χ2n) is 6.43. The monoisotopic (exact) mass is 386 g/mol. The van der Waals surface area contributed by atoms with Crippen molar-refractivity contribution in [3.05, 3.63) is 113 Å². The van der Waals surface area contributed by atoms with Crippen molar-refractivity contribution in [2.75, 3.05) is 0 Å². The zero-order valence-electron chi connectivity index (χ0n) is 15.1. The molecule has 2 nitrogen and oxygen atoms in total. The molecule has 0 amide bonds. The first-order valence-electron chi connectivity index (χ1n) is 8.99. The van der Waals surface area contributed by atoms with Crippen molar-refractivity contribution in [3.63, 3.8) is 0 Å². The van der Waals surface area contributed by atoms with Crippen LogP contribution in [0.5, 0.6) is 0 Å². The van der Waals surface area contributed by atoms with E-state index < -0.39 is 0 Å². The van der Waals surface area contributed by atoms with Crippen molar-refractivity contribution in [1.29, 1.82) is 0 Å². The molecule has 0 aliphatic heterocycles. The first-order chi connectivity index (χ1) is 13.7. The Labute approximate surface area is 169 Å². The Morgan fingerprint density at radius 1 is 0.964 bits per heavy atom. The molecule has 0 unspecified atom stereocenters. The number of rotatable bonds is 5. The van der Waals surface area contributed by atoms with Gasteiger partial charge in [-0.05, 0) is 29.3 Å². The van der Waals surface area contributed by atoms with Gasteiger partial charge in [0.25, 0.3) is 0 Å². The molecule has 0 fully saturated rings. The molecule has 0 radical (unpaired) electrons. The molecule has 0 N–H and O–H groups in total. The third-order valence-corrected chi connectivity index (χ3v) is 4.82. The van der Waals surface area contributed by atoms with Crippen molar-refractivity contribution >= 4 is 36.2 Å². The number of halogens is 2. The average Bonchev–Trinajstić information content (AvgIpc) is 3.17. The molecule has 4 aromatic rings. The van der Waals surface area contributed by atoms with Gasteiger partial charge in [-0.3, -0.25) is 4.98 Å². The van der Waals surface area contributed by atoms with Crippen LogP contribution in [0.25, 0.3) is 17.2 Å². The smallest absolute Gasteiger partial charge is 0.239 e. The molecule has 0 bridgehead atoms. The second kappa shape index (κ2) is 8.28. The fourth-order valence-corrected chi connectivity index (χ4v) is 3.43. The Hall–Kier alpha value is -3.11. The molecule has 0 aliphatic rings. The highest BCUT2D eigenvalue weighted by Crippen LogP contribution is 2.22. The molecule has 28 heavy (non-hydrogen) atoms. The predicted octanol–water partition coefficient (Wildman–Crippen LogP) is 4.92. The first kappa shape index (κ1) is 18.3. The van der Waals surface area contributed by atoms with Crippen molar-refractivity contribution < 1.29 is 4.39 Å². The zero-order chi connectivity index (χ0) is 19.3. The summed E-state index contributed by atoms with van der Waals surface area (Å²) in [5.74, 6) is -0.357. The third kappa shape index (κ3) is 4.08. The molecule has 0 aliphatic carbocycles. The van der Waals surface area contributed by atoms with E-state index in [1.54, 1.807) is 12.3 Å². The van der Waals surface area contributed by atoms with Crippen LogP contribution in [0, 0.1) is 5.82 Å². The summed E-state index contributed by atoms with van der Waals surface area (Å²) in [4.78, 5) is 4.53. The number of hydrogen-bond donors (Lipinski definition) is 0. The van der Waals surface area contributed by atoms with Crippen LogP contribution in [-0.2, 0) is 0 Å². The number of benzene rings is 3. The largest absolute Gasteiger partial charge is 0.310 e. The summed E-state index contributed by atoms with van der Waals surface area (Å²) in [6.45, 7) is 0. The van der Waals surface area contributed by atoms with Gasteiger partial charge in [-0.25, -0.2) is 4.39 Å². The molecule has 0 atom stereocenters. The Bertz CT molecular complexity index is 1110. The van der Waals surface area contributed by atoms with Gasteiger partial charge in [0, 0.05) is 12.4 Å². The van der Waals surface area contributed by atoms with Crippen LogP contribution in [0.2, 0.25) is 5.02 Å². The summed E-state index contributed by atoms with van der Waals surface area (Å²) < 4.78 is 15.4. The Morgan fingerprint density at radius 2 is 1.68 bits per heavy atom. The van der Waals surface area contributed by atoms with Crippen molar-refractivity contribution in [3.8, 4) is 5.69 Å². The molecule has 0 saturated carbocycles. The summed E-state index contributed by atoms with van der Waals surface area (Å²) in [6, 6.07) is 24.8. The summed E-state index contributed by atoms with van der Waals surface area (Å²) in [7, 11) is 0.611. The van der Waals surface area contributed by atoms with Crippen molar-refractivity contribution in [2.45, 2.75) is 0 Å². The first-order valence-corrected chi connectivity index (χ1v) is 9.37. The van der Waals surface area contributed by atoms with Gasteiger partial charge in [0.2, 0.25) is 7.28 Å². The number of imidazole rings is 1. The van der Waals surface area contributed by atoms with E-state index in [9.17, 15) is 4.39 Å². The van der Waals surface area contributed by atoms with Gasteiger partial charge < -0.3 is 4.57 Å². The molecule has 136 valence electrons. The van der Waals surface area contributed by atoms with E-state index in [4.69, 9.17) is 11.6 Å². The van der Waals surface area contributed by atoms with Crippen LogP contribution in [0.3, 0.4) is 0 Å². The molecule has 3 aromatic carbocycles. The average molecular weight is 387 g/mol. The lowest BCUT2D eigenvalue weighted by Gasteiger charge is -2.12. The lowest BCUT2D eigenvalue weighted by atomic mass is 9.65. The topological polar surface area (TPSA) is 17.8 Å². The number of hydrogen-bond acceptors (Lipinski definition) is 1. The molecule has 0 spiro atoms. The van der Waals surface area contributed by atoms with Gasteiger partial charge in [0.1, 0.15) is 5.82 Å². The summed E-state index contributed by atoms with van der Waals surface area (Å²) in [5.41, 5.74) is 4.94. The molecule has 4 rings (SSSR count). The van der Waals surface area contributed by atoms with Crippen LogP contribution in [0.1, 0.15) is 11.1 Å². The Kier molecular flexibility index (Phi) is 5.40. The Morgan fingerprint density at radius 3 is 2.39 bits per heavy atom. The molecular weight excluding hydrogens is 370 g/mol. The lowest BCUT2D eigenvalue weighted by Crippen LogP contribution is -2.26. The van der Waals surface area contributed by atoms with E-state index in [1.807, 2.05) is 47.2 Å². The fraction of sp³-hybridized carbons (Fsp3) is 0. The van der Waals surface area contributed by atoms with Gasteiger partial charge in [-0.1, -0.05) is 83.8 Å². The van der Waals surface area contributed by atoms with Crippen molar-refractivity contribution in [1.82, 2.24) is 9.55 Å². The van der Waals surface area contributed by atoms with Crippen LogP contribution in [0.15, 0.2) is 91.3 Å². The predicted molar refractivity (Wildman–Crippen MR) is 116 cm³/mol. The highest BCUT2D eigenvalue weighted by atomic mass is 35.5. The second-order valence-corrected chi connectivity index (χ2v) is 6.84. The van der Waals surface area contributed by atoms with E-state index in [1.165, 1.54) is 12.1 Å². The van der Waals surface area contributed by atoms with Crippen LogP contribution in [-0.4, -0.2) is 16.8 Å². The summed E-state index contributed by atoms with van der Waals surface area (Å²) in [5, 5.41) is 0.354. The third-order valence-electron chi connectivity index (χ3n) is 4.52. The molecule has 5 heteroatoms. The Balaban J connectivity index is 1.75. The maximum Gasteiger partial charge on any atom is 0.239 e. The summed E-state index contributed by atoms with van der Waals surface area (Å²) >= 11 is 6.27. The summed E-state index contributed by atoms with van der Waals surface area (Å²) in [6.07, 6.45) is 5.75. The number of nitrogens with zero attached hydrogens (tertiary/aromatic N) is 2. The lowest BCUT2D eigenvalue weighted by molar-refractivity contribution is 0.627. The highest BCUT2D eigenvalue weighted by Gasteiger charge is 2.14. The fourth-order valence-electron chi connectivity index (χ4n) is 3.17. The van der Waals surface area contributed by atoms with E-state index in [0.717, 1.165) is 22.3 Å². The van der Waals surface area contributed by atoms with E-state index in [0.29, 0.717) is 18.0 Å². The molecule has 1 heterocycles. The van der Waals surface area contributed by atoms with Crippen LogP contribution in [0.4, 0.5) is 4.39 Å². The molecular formula is C23H17BClFN2. The van der Waals surface area contributed by atoms with Gasteiger partial charge in [-0.15, -0.1) is 0 Å². The molecule has 1 aromatic heterocycles. The minimum atomic E-state index is -0.357. The van der Waals surface area contributed by atoms with Gasteiger partial charge >= 0.3 is 0 Å². The van der Waals surface area contributed by atoms with Crippen LogP contribution >= 0.6 is 11.6 Å². The maximum absolute atomic E-state index is 13.4. The normalized spacial score (nSPS) is 11.4. The van der Waals surface area contributed by atoms with Crippen molar-refractivity contribution in [2.24, 2.45) is 0 Å². The molecule has 0 saturated heterocycles. The highest BCUT2D eigenvalue weighted by molar-refractivity contribution is 6.73. The standard InChI is InChI=1S/C23H17BClFN2/c25-21-16-19(26)11-12-22(21)28-14-13-27-23(28)24-20(18-9-5-2-6-10-18)15-17-7-3-1-4-8-17/h1-16,24H. The number of aromatic nitrogens is 2. The van der Waals surface area contributed by atoms with E-state index in [2.05, 4.69) is 35.3 Å². The van der Waals surface area contributed by atoms with Gasteiger partial charge in [-0.2, -0.15) is 0 Å². The minimum Gasteiger partial charge on any atom is -0.310 e. The van der Waals surface area contributed by atoms with Crippen LogP contribution < -0.4 is 5.72 Å². The quantitative estimate of drug-likeness (QED) is 0.351. The van der Waals surface area contributed by atoms with E-state index >= 15 is 0 Å². The SMILES string of the molecule is Fc1ccc(-n2ccnc2BC(=Cc2ccccc2)c2ccccc2)c(Cl)c1. The maximum atomic E-state index is 13.4. The minimum absolute atomic E-state index is 0.354. The zero-order valence-corrected chi connectivity index (χ0v) is 15.9. The van der Waals surface area contributed by atoms with Gasteiger partial charge in [0.05, 0.1) is 16.4 Å². The van der Waals surface area contributed by atoms with E-state index in [-0.39, 0.29) is 5.82 Å².